The number of aromatic nitrogens is 8. The minimum Gasteiger partial charge on any atom is -0.354 e. The van der Waals surface area contributed by atoms with Crippen LogP contribution in [0.5, 0.6) is 0 Å². The van der Waals surface area contributed by atoms with Crippen molar-refractivity contribution in [3.05, 3.63) is 321 Å². The smallest absolute Gasteiger partial charge is 0.235 e. The lowest BCUT2D eigenvalue weighted by atomic mass is 10.0. The Kier molecular flexibility index (Phi) is 12.2. The number of nitrogens with one attached hydrogen (secondary N) is 1. The molecule has 0 atom stereocenters. The van der Waals surface area contributed by atoms with Gasteiger partial charge in [-0.2, -0.15) is 0 Å². The number of fused-ring (bicyclic) bond motifs is 22. The fourth-order valence-corrected chi connectivity index (χ4v) is 15.7. The molecule has 0 amide bonds. The fourth-order valence-electron chi connectivity index (χ4n) is 15.5. The second-order valence-electron chi connectivity index (χ2n) is 25.0. The van der Waals surface area contributed by atoms with Crippen molar-refractivity contribution in [3.8, 4) is 50.7 Å². The third-order valence-corrected chi connectivity index (χ3v) is 19.9. The van der Waals surface area contributed by atoms with Crippen molar-refractivity contribution in [2.24, 2.45) is 0 Å². The van der Waals surface area contributed by atoms with Gasteiger partial charge in [0.15, 0.2) is 0 Å². The molecule has 8 heterocycles. The first kappa shape index (κ1) is 54.8. The van der Waals surface area contributed by atoms with Gasteiger partial charge in [-0.15, -0.1) is 0 Å². The molecule has 0 spiro atoms. The van der Waals surface area contributed by atoms with E-state index in [9.17, 15) is 0 Å². The SMILES string of the molecule is Clc1nc(-c2ccccc2)c2ccccc2n1.c1ccc(-c2ccc3c4cc5c6ccccc6[nH]c5c5c6ccccc6n(c3c2)c45)cc1.c1ccc(-c2ccc3c4cc5c6ccccc6n(-c6nc(-c7ccccc7)c7ccccc7n6)c5c5c6ccccc6n(c3c2)c45)cc1. The number of hydrogen-bond donors (Lipinski definition) is 1. The second-order valence-corrected chi connectivity index (χ2v) is 25.4. The summed E-state index contributed by atoms with van der Waals surface area (Å²) in [5.74, 6) is 0.674. The molecule has 9 heteroatoms. The maximum atomic E-state index is 5.95. The molecule has 0 aliphatic carbocycles. The Morgan fingerprint density at radius 3 is 1.25 bits per heavy atom. The molecular formula is C88H53ClN8. The molecule has 0 saturated carbocycles. The molecule has 1 N–H and O–H groups in total. The number of nitrogens with zero attached hydrogens (tertiary/aromatic N) is 7. The highest BCUT2D eigenvalue weighted by Gasteiger charge is 2.27. The number of H-pyrrole nitrogens is 1. The van der Waals surface area contributed by atoms with Crippen molar-refractivity contribution in [1.29, 1.82) is 0 Å². The monoisotopic (exact) mass is 1260 g/mol. The minimum absolute atomic E-state index is 0.280. The Labute approximate surface area is 559 Å². The Balaban J connectivity index is 0.000000112. The van der Waals surface area contributed by atoms with Crippen molar-refractivity contribution in [3.63, 3.8) is 0 Å². The molecule has 8 nitrogen and oxygen atoms in total. The van der Waals surface area contributed by atoms with Crippen LogP contribution < -0.4 is 0 Å². The molecule has 97 heavy (non-hydrogen) atoms. The Bertz CT molecular complexity index is 6870. The van der Waals surface area contributed by atoms with Crippen LogP contribution in [0.1, 0.15) is 0 Å². The van der Waals surface area contributed by atoms with Gasteiger partial charge in [0.05, 0.1) is 72.1 Å². The maximum Gasteiger partial charge on any atom is 0.235 e. The molecule has 14 aromatic carbocycles. The molecule has 0 aliphatic rings. The zero-order valence-electron chi connectivity index (χ0n) is 52.0. The number of benzene rings is 14. The van der Waals surface area contributed by atoms with E-state index in [1.165, 1.54) is 131 Å². The van der Waals surface area contributed by atoms with E-state index in [-0.39, 0.29) is 5.28 Å². The summed E-state index contributed by atoms with van der Waals surface area (Å²) in [6, 6.07) is 111. The predicted molar refractivity (Wildman–Crippen MR) is 405 cm³/mol. The summed E-state index contributed by atoms with van der Waals surface area (Å²) in [5, 5.41) is 17.5. The Hall–Kier alpha value is -12.8. The molecule has 0 radical (unpaired) electrons. The van der Waals surface area contributed by atoms with E-state index in [1.807, 2.05) is 60.7 Å². The highest BCUT2D eigenvalue weighted by atomic mass is 35.5. The summed E-state index contributed by atoms with van der Waals surface area (Å²) in [6.45, 7) is 0. The molecule has 0 unspecified atom stereocenters. The van der Waals surface area contributed by atoms with Gasteiger partial charge in [0.2, 0.25) is 11.2 Å². The zero-order valence-corrected chi connectivity index (χ0v) is 52.8. The van der Waals surface area contributed by atoms with E-state index in [2.05, 4.69) is 283 Å². The molecule has 8 aromatic heterocycles. The van der Waals surface area contributed by atoms with E-state index >= 15 is 0 Å². The highest BCUT2D eigenvalue weighted by Crippen LogP contribution is 2.49. The van der Waals surface area contributed by atoms with Crippen LogP contribution in [0.25, 0.3) is 192 Å². The molecule has 22 aromatic rings. The molecule has 22 rings (SSSR count). The largest absolute Gasteiger partial charge is 0.354 e. The number of hydrogen-bond acceptors (Lipinski definition) is 4. The van der Waals surface area contributed by atoms with Crippen molar-refractivity contribution >= 4 is 153 Å². The van der Waals surface area contributed by atoms with Crippen molar-refractivity contribution in [1.82, 2.24) is 38.3 Å². The molecular weight excluding hydrogens is 1200 g/mol. The lowest BCUT2D eigenvalue weighted by molar-refractivity contribution is 1.02. The summed E-state index contributed by atoms with van der Waals surface area (Å²) in [6.07, 6.45) is 0. The fraction of sp³-hybridized carbons (Fsp3) is 0. The van der Waals surface area contributed by atoms with E-state index < -0.39 is 0 Å². The van der Waals surface area contributed by atoms with Gasteiger partial charge < -0.3 is 13.8 Å². The van der Waals surface area contributed by atoms with Gasteiger partial charge in [-0.25, -0.2) is 19.9 Å². The number of rotatable bonds is 5. The van der Waals surface area contributed by atoms with Gasteiger partial charge in [0, 0.05) is 92.1 Å². The van der Waals surface area contributed by atoms with Gasteiger partial charge in [-0.05, 0) is 94.5 Å². The van der Waals surface area contributed by atoms with E-state index in [4.69, 9.17) is 21.6 Å². The van der Waals surface area contributed by atoms with Crippen molar-refractivity contribution < 1.29 is 0 Å². The van der Waals surface area contributed by atoms with Gasteiger partial charge in [-0.3, -0.25) is 4.57 Å². The van der Waals surface area contributed by atoms with Crippen LogP contribution in [0.2, 0.25) is 5.28 Å². The quantitative estimate of drug-likeness (QED) is 0.174. The number of halogens is 1. The topological polar surface area (TPSA) is 81.1 Å². The summed E-state index contributed by atoms with van der Waals surface area (Å²) in [4.78, 5) is 22.9. The first-order chi connectivity index (χ1) is 48.1. The molecule has 452 valence electrons. The zero-order chi connectivity index (χ0) is 63.8. The number of aromatic amines is 1. The first-order valence-corrected chi connectivity index (χ1v) is 33.1. The average molecular weight is 1260 g/mol. The summed E-state index contributed by atoms with van der Waals surface area (Å²) in [5.41, 5.74) is 22.8. The van der Waals surface area contributed by atoms with Crippen LogP contribution in [-0.2, 0) is 0 Å². The van der Waals surface area contributed by atoms with E-state index in [1.54, 1.807) is 0 Å². The third-order valence-electron chi connectivity index (χ3n) is 19.7. The third kappa shape index (κ3) is 8.44. The van der Waals surface area contributed by atoms with E-state index in [0.29, 0.717) is 5.95 Å². The average Bonchev–Trinajstić information content (AvgIpc) is 1.52. The minimum atomic E-state index is 0.280. The van der Waals surface area contributed by atoms with Crippen LogP contribution in [0.4, 0.5) is 0 Å². The lowest BCUT2D eigenvalue weighted by Crippen LogP contribution is -2.03. The van der Waals surface area contributed by atoms with Gasteiger partial charge >= 0.3 is 0 Å². The normalized spacial score (nSPS) is 12.0. The van der Waals surface area contributed by atoms with Crippen LogP contribution in [-0.4, -0.2) is 38.3 Å². The summed E-state index contributed by atoms with van der Waals surface area (Å²) in [7, 11) is 0. The van der Waals surface area contributed by atoms with Gasteiger partial charge in [0.1, 0.15) is 0 Å². The molecule has 0 aliphatic heterocycles. The standard InChI is InChI=1S/C44H26N4.C30H18N2.C14H9ClN2/c1-3-13-27(14-4-1)29-23-24-31-35-26-34-30-17-8-11-21-37(30)48(43(34)40-33-19-9-12-22-38(33)47(42(35)40)39(31)25-29)44-45-36-20-10-7-18-32(36)41(46-44)28-15-5-2-6-16-28;1-2-8-18(9-3-1)19-14-15-21-24-17-23-20-10-4-6-12-25(20)31-29(23)28-22-11-5-7-13-26(22)32(30(24)28)27(21)16-19;15-14-16-12-9-5-4-8-11(12)13(17-14)10-6-2-1-3-7-10/h1-26H;1-17,31H;1-9H. The summed E-state index contributed by atoms with van der Waals surface area (Å²) >= 11 is 5.95. The van der Waals surface area contributed by atoms with Crippen LogP contribution in [0.3, 0.4) is 0 Å². The van der Waals surface area contributed by atoms with Crippen molar-refractivity contribution in [2.45, 2.75) is 0 Å². The van der Waals surface area contributed by atoms with Gasteiger partial charge in [0.25, 0.3) is 0 Å². The second kappa shape index (κ2) is 21.7. The van der Waals surface area contributed by atoms with Gasteiger partial charge in [-0.1, -0.05) is 255 Å². The Morgan fingerprint density at radius 2 is 0.670 bits per heavy atom. The Morgan fingerprint density at radius 1 is 0.258 bits per heavy atom. The predicted octanol–water partition coefficient (Wildman–Crippen LogP) is 23.3. The maximum absolute atomic E-state index is 5.95. The highest BCUT2D eigenvalue weighted by molar-refractivity contribution is 6.36. The number of para-hydroxylation sites is 6. The van der Waals surface area contributed by atoms with Crippen LogP contribution in [0.15, 0.2) is 315 Å². The molecule has 0 bridgehead atoms. The summed E-state index contributed by atoms with van der Waals surface area (Å²) < 4.78 is 7.24. The van der Waals surface area contributed by atoms with Crippen molar-refractivity contribution in [2.75, 3.05) is 0 Å². The molecule has 0 fully saturated rings. The molecule has 0 saturated heterocycles. The van der Waals surface area contributed by atoms with E-state index in [0.717, 1.165) is 55.4 Å². The lowest BCUT2D eigenvalue weighted by Gasteiger charge is -2.12. The first-order valence-electron chi connectivity index (χ1n) is 32.7. The van der Waals surface area contributed by atoms with Crippen LogP contribution >= 0.6 is 11.6 Å². The van der Waals surface area contributed by atoms with Crippen LogP contribution in [0, 0.1) is 0 Å².